The molecule has 0 aromatic heterocycles. The highest BCUT2D eigenvalue weighted by molar-refractivity contribution is 6.31. The molecule has 2 heteroatoms. The van der Waals surface area contributed by atoms with Crippen LogP contribution in [0.15, 0.2) is 24.3 Å². The molecular formula is C15H22ClN. The number of rotatable bonds is 2. The molecule has 1 aromatic carbocycles. The van der Waals surface area contributed by atoms with E-state index in [1.807, 2.05) is 18.2 Å². The molecule has 0 bridgehead atoms. The van der Waals surface area contributed by atoms with Crippen LogP contribution in [0.3, 0.4) is 0 Å². The van der Waals surface area contributed by atoms with Gasteiger partial charge in [0.05, 0.1) is 0 Å². The fourth-order valence-electron chi connectivity index (χ4n) is 2.90. The lowest BCUT2D eigenvalue weighted by Gasteiger charge is -2.48. The Kier molecular flexibility index (Phi) is 3.51. The van der Waals surface area contributed by atoms with Gasteiger partial charge in [-0.15, -0.1) is 0 Å². The summed E-state index contributed by atoms with van der Waals surface area (Å²) in [5.41, 5.74) is 7.95. The molecule has 0 spiro atoms. The summed E-state index contributed by atoms with van der Waals surface area (Å²) in [5.74, 6) is 0. The number of hydrogen-bond acceptors (Lipinski definition) is 1. The van der Waals surface area contributed by atoms with Crippen LogP contribution in [0, 0.1) is 5.41 Å². The average Bonchev–Trinajstić information content (AvgIpc) is 2.26. The van der Waals surface area contributed by atoms with Gasteiger partial charge >= 0.3 is 0 Å². The smallest absolute Gasteiger partial charge is 0.0438 e. The molecule has 1 fully saturated rings. The van der Waals surface area contributed by atoms with Gasteiger partial charge in [0.2, 0.25) is 0 Å². The summed E-state index contributed by atoms with van der Waals surface area (Å²) in [6.45, 7) is 4.59. The summed E-state index contributed by atoms with van der Waals surface area (Å²) >= 11 is 6.24. The van der Waals surface area contributed by atoms with Crippen LogP contribution in [-0.4, -0.2) is 5.54 Å². The zero-order valence-corrected chi connectivity index (χ0v) is 11.6. The Labute approximate surface area is 109 Å². The fraction of sp³-hybridized carbons (Fsp3) is 0.600. The van der Waals surface area contributed by atoms with Gasteiger partial charge in [-0.05, 0) is 36.3 Å². The van der Waals surface area contributed by atoms with Crippen molar-refractivity contribution in [1.29, 1.82) is 0 Å². The molecule has 0 aliphatic heterocycles. The molecule has 1 aliphatic rings. The van der Waals surface area contributed by atoms with E-state index in [0.717, 1.165) is 17.9 Å². The van der Waals surface area contributed by atoms with Crippen molar-refractivity contribution < 1.29 is 0 Å². The van der Waals surface area contributed by atoms with Gasteiger partial charge < -0.3 is 5.73 Å². The van der Waals surface area contributed by atoms with E-state index in [-0.39, 0.29) is 11.0 Å². The van der Waals surface area contributed by atoms with Crippen LogP contribution >= 0.6 is 11.6 Å². The Balaban J connectivity index is 2.24. The summed E-state index contributed by atoms with van der Waals surface area (Å²) in [6, 6.07) is 8.07. The molecule has 17 heavy (non-hydrogen) atoms. The topological polar surface area (TPSA) is 26.0 Å². The van der Waals surface area contributed by atoms with Crippen LogP contribution in [0.1, 0.15) is 45.1 Å². The normalized spacial score (nSPS) is 28.0. The largest absolute Gasteiger partial charge is 0.324 e. The minimum atomic E-state index is -0.115. The van der Waals surface area contributed by atoms with Crippen LogP contribution in [0.5, 0.6) is 0 Å². The average molecular weight is 252 g/mol. The van der Waals surface area contributed by atoms with Gasteiger partial charge in [0.15, 0.2) is 0 Å². The van der Waals surface area contributed by atoms with E-state index in [2.05, 4.69) is 19.9 Å². The van der Waals surface area contributed by atoms with Crippen LogP contribution < -0.4 is 5.73 Å². The fourth-order valence-corrected chi connectivity index (χ4v) is 3.11. The maximum atomic E-state index is 6.68. The number of halogens is 1. The SMILES string of the molecule is CC1(C)CCCCC1(N)Cc1ccccc1Cl. The first-order chi connectivity index (χ1) is 7.95. The molecule has 1 saturated carbocycles. The van der Waals surface area contributed by atoms with Gasteiger partial charge in [-0.1, -0.05) is 56.5 Å². The molecule has 2 rings (SSSR count). The van der Waals surface area contributed by atoms with Crippen molar-refractivity contribution in [3.05, 3.63) is 34.9 Å². The standard InChI is InChI=1S/C15H22ClN/c1-14(2)9-5-6-10-15(14,17)11-12-7-3-4-8-13(12)16/h3-4,7-8H,5-6,9-11,17H2,1-2H3. The summed E-state index contributed by atoms with van der Waals surface area (Å²) in [6.07, 6.45) is 5.75. The van der Waals surface area contributed by atoms with Crippen LogP contribution in [0.2, 0.25) is 5.02 Å². The zero-order chi connectivity index (χ0) is 12.5. The van der Waals surface area contributed by atoms with Crippen molar-refractivity contribution in [1.82, 2.24) is 0 Å². The Morgan fingerprint density at radius 1 is 1.18 bits per heavy atom. The van der Waals surface area contributed by atoms with E-state index in [1.165, 1.54) is 24.8 Å². The highest BCUT2D eigenvalue weighted by Gasteiger charge is 2.43. The molecule has 1 atom stereocenters. The van der Waals surface area contributed by atoms with Crippen molar-refractivity contribution in [3.63, 3.8) is 0 Å². The van der Waals surface area contributed by atoms with Gasteiger partial charge in [0, 0.05) is 10.6 Å². The molecule has 0 heterocycles. The third kappa shape index (κ3) is 2.51. The molecular weight excluding hydrogens is 230 g/mol. The van der Waals surface area contributed by atoms with Gasteiger partial charge in [-0.25, -0.2) is 0 Å². The number of nitrogens with two attached hydrogens (primary N) is 1. The second-order valence-electron chi connectivity index (χ2n) is 6.02. The molecule has 1 aromatic rings. The molecule has 94 valence electrons. The lowest BCUT2D eigenvalue weighted by molar-refractivity contribution is 0.0990. The van der Waals surface area contributed by atoms with E-state index in [1.54, 1.807) is 0 Å². The van der Waals surface area contributed by atoms with Crippen LogP contribution in [0.25, 0.3) is 0 Å². The molecule has 1 unspecified atom stereocenters. The summed E-state index contributed by atoms with van der Waals surface area (Å²) in [7, 11) is 0. The Morgan fingerprint density at radius 2 is 1.82 bits per heavy atom. The molecule has 2 N–H and O–H groups in total. The predicted molar refractivity (Wildman–Crippen MR) is 74.3 cm³/mol. The lowest BCUT2D eigenvalue weighted by atomic mass is 9.61. The van der Waals surface area contributed by atoms with Crippen LogP contribution in [0.4, 0.5) is 0 Å². The van der Waals surface area contributed by atoms with Gasteiger partial charge in [0.25, 0.3) is 0 Å². The first-order valence-electron chi connectivity index (χ1n) is 6.47. The van der Waals surface area contributed by atoms with Crippen molar-refractivity contribution in [3.8, 4) is 0 Å². The highest BCUT2D eigenvalue weighted by Crippen LogP contribution is 2.44. The minimum absolute atomic E-state index is 0.115. The van der Waals surface area contributed by atoms with E-state index in [9.17, 15) is 0 Å². The van der Waals surface area contributed by atoms with E-state index in [4.69, 9.17) is 17.3 Å². The second kappa shape index (κ2) is 4.62. The van der Waals surface area contributed by atoms with E-state index >= 15 is 0 Å². The summed E-state index contributed by atoms with van der Waals surface area (Å²) in [5, 5.41) is 0.846. The molecule has 0 amide bonds. The van der Waals surface area contributed by atoms with Crippen molar-refractivity contribution in [2.45, 2.75) is 51.5 Å². The first-order valence-corrected chi connectivity index (χ1v) is 6.85. The summed E-state index contributed by atoms with van der Waals surface area (Å²) < 4.78 is 0. The van der Waals surface area contributed by atoms with Crippen molar-refractivity contribution in [2.24, 2.45) is 11.1 Å². The summed E-state index contributed by atoms with van der Waals surface area (Å²) in [4.78, 5) is 0. The minimum Gasteiger partial charge on any atom is -0.324 e. The second-order valence-corrected chi connectivity index (χ2v) is 6.42. The van der Waals surface area contributed by atoms with E-state index in [0.29, 0.717) is 0 Å². The Morgan fingerprint density at radius 3 is 2.47 bits per heavy atom. The molecule has 0 saturated heterocycles. The van der Waals surface area contributed by atoms with Gasteiger partial charge in [0.1, 0.15) is 0 Å². The third-order valence-electron chi connectivity index (χ3n) is 4.49. The molecule has 0 radical (unpaired) electrons. The Hall–Kier alpha value is -0.530. The molecule has 1 aliphatic carbocycles. The van der Waals surface area contributed by atoms with Crippen LogP contribution in [-0.2, 0) is 6.42 Å². The van der Waals surface area contributed by atoms with Crippen molar-refractivity contribution in [2.75, 3.05) is 0 Å². The monoisotopic (exact) mass is 251 g/mol. The maximum absolute atomic E-state index is 6.68. The molecule has 1 nitrogen and oxygen atoms in total. The Bertz CT molecular complexity index is 400. The quantitative estimate of drug-likeness (QED) is 0.839. The predicted octanol–water partition coefficient (Wildman–Crippen LogP) is 4.18. The maximum Gasteiger partial charge on any atom is 0.0438 e. The van der Waals surface area contributed by atoms with Gasteiger partial charge in [-0.3, -0.25) is 0 Å². The third-order valence-corrected chi connectivity index (χ3v) is 4.85. The first kappa shape index (κ1) is 12.9. The highest BCUT2D eigenvalue weighted by atomic mass is 35.5. The number of hydrogen-bond donors (Lipinski definition) is 1. The lowest BCUT2D eigenvalue weighted by Crippen LogP contribution is -2.56. The zero-order valence-electron chi connectivity index (χ0n) is 10.8. The van der Waals surface area contributed by atoms with Gasteiger partial charge in [-0.2, -0.15) is 0 Å². The number of benzene rings is 1. The van der Waals surface area contributed by atoms with Crippen molar-refractivity contribution >= 4 is 11.6 Å². The van der Waals surface area contributed by atoms with E-state index < -0.39 is 0 Å².